The first kappa shape index (κ1) is 17.7. The van der Waals surface area contributed by atoms with E-state index >= 15 is 0 Å². The van der Waals surface area contributed by atoms with Crippen molar-refractivity contribution in [1.82, 2.24) is 10.3 Å². The average Bonchev–Trinajstić information content (AvgIpc) is 2.55. The number of hydrogen-bond donors (Lipinski definition) is 2. The molecule has 5 nitrogen and oxygen atoms in total. The molecule has 0 spiro atoms. The lowest BCUT2D eigenvalue weighted by Gasteiger charge is -2.18. The molecule has 126 valence electrons. The second-order valence-corrected chi connectivity index (χ2v) is 6.69. The minimum absolute atomic E-state index is 0.0148. The Morgan fingerprint density at radius 3 is 2.29 bits per heavy atom. The van der Waals surface area contributed by atoms with Gasteiger partial charge in [0.2, 0.25) is 0 Å². The van der Waals surface area contributed by atoms with Crippen molar-refractivity contribution < 1.29 is 14.7 Å². The first-order valence-electron chi connectivity index (χ1n) is 7.81. The molecule has 1 unspecified atom stereocenters. The first-order chi connectivity index (χ1) is 11.3. The Morgan fingerprint density at radius 1 is 1.12 bits per heavy atom. The van der Waals surface area contributed by atoms with Gasteiger partial charge >= 0.3 is 5.97 Å². The fourth-order valence-electron chi connectivity index (χ4n) is 2.29. The number of carboxylic acid groups (broad SMARTS) is 1. The summed E-state index contributed by atoms with van der Waals surface area (Å²) in [5.41, 5.74) is 1.93. The van der Waals surface area contributed by atoms with Gasteiger partial charge in [-0.05, 0) is 22.6 Å². The number of carbonyl (C=O) groups excluding carboxylic acids is 1. The SMILES string of the molecule is CC(C)(C)c1ccc(C(=O)NCC(C(=O)O)c2ccccc2)nc1. The highest BCUT2D eigenvalue weighted by Gasteiger charge is 2.21. The molecule has 0 fully saturated rings. The number of amides is 1. The molecule has 2 aromatic rings. The Kier molecular flexibility index (Phi) is 5.34. The summed E-state index contributed by atoms with van der Waals surface area (Å²) in [7, 11) is 0. The molecule has 1 aromatic heterocycles. The third-order valence-electron chi connectivity index (χ3n) is 3.83. The minimum atomic E-state index is -0.975. The van der Waals surface area contributed by atoms with Crippen molar-refractivity contribution in [2.75, 3.05) is 6.54 Å². The highest BCUT2D eigenvalue weighted by molar-refractivity contribution is 5.92. The predicted molar refractivity (Wildman–Crippen MR) is 92.1 cm³/mol. The number of carbonyl (C=O) groups is 2. The molecule has 2 rings (SSSR count). The molecule has 24 heavy (non-hydrogen) atoms. The second-order valence-electron chi connectivity index (χ2n) is 6.69. The van der Waals surface area contributed by atoms with E-state index in [1.165, 1.54) is 0 Å². The van der Waals surface area contributed by atoms with E-state index in [1.54, 1.807) is 36.5 Å². The minimum Gasteiger partial charge on any atom is -0.481 e. The van der Waals surface area contributed by atoms with Crippen LogP contribution in [0.1, 0.15) is 48.3 Å². The van der Waals surface area contributed by atoms with E-state index < -0.39 is 11.9 Å². The fourth-order valence-corrected chi connectivity index (χ4v) is 2.29. The summed E-state index contributed by atoms with van der Waals surface area (Å²) in [6.07, 6.45) is 1.68. The summed E-state index contributed by atoms with van der Waals surface area (Å²) >= 11 is 0. The van der Waals surface area contributed by atoms with Crippen molar-refractivity contribution in [3.8, 4) is 0 Å². The van der Waals surface area contributed by atoms with E-state index in [1.807, 2.05) is 12.1 Å². The molecule has 0 aliphatic carbocycles. The summed E-state index contributed by atoms with van der Waals surface area (Å²) in [5, 5.41) is 12.0. The molecule has 0 saturated heterocycles. The summed E-state index contributed by atoms with van der Waals surface area (Å²) in [5.74, 6) is -2.14. The molecule has 0 radical (unpaired) electrons. The van der Waals surface area contributed by atoms with Crippen LogP contribution >= 0.6 is 0 Å². The number of nitrogens with one attached hydrogen (secondary N) is 1. The number of pyridine rings is 1. The summed E-state index contributed by atoms with van der Waals surface area (Å²) in [6, 6.07) is 12.4. The number of nitrogens with zero attached hydrogens (tertiary/aromatic N) is 1. The van der Waals surface area contributed by atoms with Gasteiger partial charge < -0.3 is 10.4 Å². The molecule has 0 saturated carbocycles. The van der Waals surface area contributed by atoms with Gasteiger partial charge in [-0.2, -0.15) is 0 Å². The molecular formula is C19H22N2O3. The maximum absolute atomic E-state index is 12.2. The average molecular weight is 326 g/mol. The fraction of sp³-hybridized carbons (Fsp3) is 0.316. The van der Waals surface area contributed by atoms with Crippen molar-refractivity contribution in [2.45, 2.75) is 32.1 Å². The van der Waals surface area contributed by atoms with Gasteiger partial charge in [-0.25, -0.2) is 0 Å². The number of carboxylic acids is 1. The van der Waals surface area contributed by atoms with Crippen LogP contribution in [0.2, 0.25) is 0 Å². The van der Waals surface area contributed by atoms with Gasteiger partial charge in [-0.1, -0.05) is 57.2 Å². The Morgan fingerprint density at radius 2 is 1.79 bits per heavy atom. The van der Waals surface area contributed by atoms with Crippen molar-refractivity contribution in [3.05, 3.63) is 65.5 Å². The number of aliphatic carboxylic acids is 1. The van der Waals surface area contributed by atoms with Gasteiger partial charge in [-0.15, -0.1) is 0 Å². The Bertz CT molecular complexity index is 704. The Labute approximate surface area is 141 Å². The number of rotatable bonds is 5. The van der Waals surface area contributed by atoms with E-state index in [4.69, 9.17) is 0 Å². The molecular weight excluding hydrogens is 304 g/mol. The van der Waals surface area contributed by atoms with Gasteiger partial charge in [0, 0.05) is 12.7 Å². The van der Waals surface area contributed by atoms with Crippen LogP contribution in [-0.4, -0.2) is 28.5 Å². The predicted octanol–water partition coefficient (Wildman–Crippen LogP) is 2.98. The van der Waals surface area contributed by atoms with Crippen LogP contribution in [-0.2, 0) is 10.2 Å². The van der Waals surface area contributed by atoms with Crippen LogP contribution in [0.4, 0.5) is 0 Å². The zero-order valence-electron chi connectivity index (χ0n) is 14.1. The third kappa shape index (κ3) is 4.41. The molecule has 0 bridgehead atoms. The highest BCUT2D eigenvalue weighted by Crippen LogP contribution is 2.21. The standard InChI is InChI=1S/C19H22N2O3/c1-19(2,3)14-9-10-16(20-11-14)17(22)21-12-15(18(23)24)13-7-5-4-6-8-13/h4-11,15H,12H2,1-3H3,(H,21,22)(H,23,24). The Balaban J connectivity index is 2.05. The molecule has 0 aliphatic heterocycles. The highest BCUT2D eigenvalue weighted by atomic mass is 16.4. The normalized spacial score (nSPS) is 12.5. The molecule has 1 heterocycles. The second kappa shape index (κ2) is 7.25. The molecule has 1 aromatic carbocycles. The molecule has 5 heteroatoms. The van der Waals surface area contributed by atoms with Gasteiger partial charge in [0.1, 0.15) is 5.69 Å². The number of benzene rings is 1. The topological polar surface area (TPSA) is 79.3 Å². The molecule has 2 N–H and O–H groups in total. The smallest absolute Gasteiger partial charge is 0.312 e. The molecule has 1 amide bonds. The zero-order valence-corrected chi connectivity index (χ0v) is 14.1. The van der Waals surface area contributed by atoms with Crippen LogP contribution in [0.3, 0.4) is 0 Å². The lowest BCUT2D eigenvalue weighted by atomic mass is 9.88. The van der Waals surface area contributed by atoms with Crippen molar-refractivity contribution in [2.24, 2.45) is 0 Å². The van der Waals surface area contributed by atoms with Crippen molar-refractivity contribution >= 4 is 11.9 Å². The lowest BCUT2D eigenvalue weighted by molar-refractivity contribution is -0.138. The molecule has 0 aliphatic rings. The summed E-state index contributed by atoms with van der Waals surface area (Å²) in [4.78, 5) is 27.8. The van der Waals surface area contributed by atoms with Crippen LogP contribution < -0.4 is 5.32 Å². The molecule has 1 atom stereocenters. The van der Waals surface area contributed by atoms with E-state index in [2.05, 4.69) is 31.1 Å². The van der Waals surface area contributed by atoms with Gasteiger partial charge in [0.15, 0.2) is 0 Å². The Hall–Kier alpha value is -2.69. The van der Waals surface area contributed by atoms with Crippen molar-refractivity contribution in [1.29, 1.82) is 0 Å². The van der Waals surface area contributed by atoms with E-state index in [0.29, 0.717) is 5.56 Å². The third-order valence-corrected chi connectivity index (χ3v) is 3.83. The maximum atomic E-state index is 12.2. The first-order valence-corrected chi connectivity index (χ1v) is 7.81. The van der Waals surface area contributed by atoms with Crippen LogP contribution in [0.5, 0.6) is 0 Å². The number of hydrogen-bond acceptors (Lipinski definition) is 3. The summed E-state index contributed by atoms with van der Waals surface area (Å²) < 4.78 is 0. The monoisotopic (exact) mass is 326 g/mol. The quantitative estimate of drug-likeness (QED) is 0.885. The summed E-state index contributed by atoms with van der Waals surface area (Å²) in [6.45, 7) is 6.23. The van der Waals surface area contributed by atoms with Crippen molar-refractivity contribution in [3.63, 3.8) is 0 Å². The van der Waals surface area contributed by atoms with E-state index in [-0.39, 0.29) is 23.6 Å². The van der Waals surface area contributed by atoms with Crippen LogP contribution in [0, 0.1) is 0 Å². The van der Waals surface area contributed by atoms with E-state index in [0.717, 1.165) is 5.56 Å². The zero-order chi connectivity index (χ0) is 17.7. The lowest BCUT2D eigenvalue weighted by Crippen LogP contribution is -2.32. The van der Waals surface area contributed by atoms with Gasteiger partial charge in [0.25, 0.3) is 5.91 Å². The van der Waals surface area contributed by atoms with Crippen LogP contribution in [0.15, 0.2) is 48.7 Å². The largest absolute Gasteiger partial charge is 0.481 e. The van der Waals surface area contributed by atoms with Gasteiger partial charge in [-0.3, -0.25) is 14.6 Å². The van der Waals surface area contributed by atoms with Gasteiger partial charge in [0.05, 0.1) is 5.92 Å². The van der Waals surface area contributed by atoms with Crippen LogP contribution in [0.25, 0.3) is 0 Å². The number of aromatic nitrogens is 1. The van der Waals surface area contributed by atoms with E-state index in [9.17, 15) is 14.7 Å². The maximum Gasteiger partial charge on any atom is 0.312 e.